The van der Waals surface area contributed by atoms with Crippen LogP contribution in [-0.2, 0) is 6.18 Å². The van der Waals surface area contributed by atoms with Gasteiger partial charge < -0.3 is 5.73 Å². The molecule has 0 saturated carbocycles. The summed E-state index contributed by atoms with van der Waals surface area (Å²) in [6, 6.07) is 10.4. The summed E-state index contributed by atoms with van der Waals surface area (Å²) in [6.07, 6.45) is -4.43. The lowest BCUT2D eigenvalue weighted by atomic mass is 9.94. The number of alkyl halides is 3. The fourth-order valence-electron chi connectivity index (χ4n) is 2.00. The van der Waals surface area contributed by atoms with E-state index in [0.29, 0.717) is 10.0 Å². The Hall–Kier alpha value is -1.33. The minimum atomic E-state index is -4.43. The maximum atomic E-state index is 13.1. The molecule has 0 aliphatic heterocycles. The predicted molar refractivity (Wildman–Crippen MR) is 76.4 cm³/mol. The highest BCUT2D eigenvalue weighted by Gasteiger charge is 2.35. The topological polar surface area (TPSA) is 26.0 Å². The molecule has 0 aliphatic rings. The quantitative estimate of drug-likeness (QED) is 0.830. The molecule has 106 valence electrons. The van der Waals surface area contributed by atoms with Crippen molar-refractivity contribution in [3.63, 3.8) is 0 Å². The van der Waals surface area contributed by atoms with E-state index in [2.05, 4.69) is 15.9 Å². The van der Waals surface area contributed by atoms with Crippen LogP contribution in [0.15, 0.2) is 46.9 Å². The van der Waals surface area contributed by atoms with Crippen LogP contribution in [0.5, 0.6) is 0 Å². The molecule has 2 rings (SSSR count). The zero-order valence-electron chi connectivity index (χ0n) is 10.7. The Morgan fingerprint density at radius 1 is 1.05 bits per heavy atom. The van der Waals surface area contributed by atoms with E-state index in [4.69, 9.17) is 5.73 Å². The van der Waals surface area contributed by atoms with Gasteiger partial charge in [-0.1, -0.05) is 51.8 Å². The average molecular weight is 344 g/mol. The molecular formula is C15H13BrF3N. The Kier molecular flexibility index (Phi) is 4.20. The van der Waals surface area contributed by atoms with E-state index in [1.54, 1.807) is 18.2 Å². The van der Waals surface area contributed by atoms with Gasteiger partial charge in [-0.3, -0.25) is 0 Å². The van der Waals surface area contributed by atoms with Crippen molar-refractivity contribution in [2.75, 3.05) is 0 Å². The molecule has 0 aliphatic carbocycles. The average Bonchev–Trinajstić information content (AvgIpc) is 2.38. The van der Waals surface area contributed by atoms with Crippen LogP contribution in [0.4, 0.5) is 13.2 Å². The summed E-state index contributed by atoms with van der Waals surface area (Å²) in [4.78, 5) is 0. The molecule has 1 atom stereocenters. The molecule has 0 aromatic heterocycles. The van der Waals surface area contributed by atoms with Crippen LogP contribution >= 0.6 is 15.9 Å². The fourth-order valence-corrected chi connectivity index (χ4v) is 2.36. The molecule has 1 unspecified atom stereocenters. The van der Waals surface area contributed by atoms with Crippen molar-refractivity contribution in [1.29, 1.82) is 0 Å². The van der Waals surface area contributed by atoms with Gasteiger partial charge in [-0.25, -0.2) is 0 Å². The molecule has 0 saturated heterocycles. The molecule has 2 aromatic rings. The highest BCUT2D eigenvalue weighted by Crippen LogP contribution is 2.37. The normalized spacial score (nSPS) is 13.3. The Labute approximate surface area is 123 Å². The molecule has 2 aromatic carbocycles. The number of hydrogen-bond donors (Lipinski definition) is 1. The first-order valence-electron chi connectivity index (χ1n) is 5.98. The van der Waals surface area contributed by atoms with Crippen LogP contribution in [0, 0.1) is 6.92 Å². The first kappa shape index (κ1) is 15.1. The highest BCUT2D eigenvalue weighted by molar-refractivity contribution is 9.10. The van der Waals surface area contributed by atoms with Crippen molar-refractivity contribution in [3.05, 3.63) is 69.2 Å². The second kappa shape index (κ2) is 5.58. The van der Waals surface area contributed by atoms with Crippen LogP contribution in [0.25, 0.3) is 0 Å². The molecule has 1 nitrogen and oxygen atoms in total. The van der Waals surface area contributed by atoms with Gasteiger partial charge in [-0.05, 0) is 30.2 Å². The molecule has 0 fully saturated rings. The van der Waals surface area contributed by atoms with E-state index in [1.165, 1.54) is 6.07 Å². The number of benzene rings is 2. The molecule has 0 amide bonds. The summed E-state index contributed by atoms with van der Waals surface area (Å²) in [6.45, 7) is 1.91. The summed E-state index contributed by atoms with van der Waals surface area (Å²) in [5, 5.41) is 0. The van der Waals surface area contributed by atoms with Crippen molar-refractivity contribution in [2.24, 2.45) is 5.73 Å². The summed E-state index contributed by atoms with van der Waals surface area (Å²) in [5.74, 6) is 0. The van der Waals surface area contributed by atoms with Crippen molar-refractivity contribution in [2.45, 2.75) is 19.1 Å². The molecule has 5 heteroatoms. The van der Waals surface area contributed by atoms with Crippen molar-refractivity contribution in [3.8, 4) is 0 Å². The second-order valence-corrected chi connectivity index (χ2v) is 5.53. The SMILES string of the molecule is Cc1ccc(C(N)c2ccc(Br)cc2C(F)(F)F)cc1. The zero-order chi connectivity index (χ0) is 14.9. The summed E-state index contributed by atoms with van der Waals surface area (Å²) in [7, 11) is 0. The second-order valence-electron chi connectivity index (χ2n) is 4.62. The van der Waals surface area contributed by atoms with Gasteiger partial charge in [-0.2, -0.15) is 13.2 Å². The van der Waals surface area contributed by atoms with Crippen LogP contribution in [0.3, 0.4) is 0 Å². The van der Waals surface area contributed by atoms with Gasteiger partial charge in [0.1, 0.15) is 0 Å². The highest BCUT2D eigenvalue weighted by atomic mass is 79.9. The monoisotopic (exact) mass is 343 g/mol. The van der Waals surface area contributed by atoms with E-state index in [1.807, 2.05) is 19.1 Å². The summed E-state index contributed by atoms with van der Waals surface area (Å²) in [5.41, 5.74) is 7.05. The molecule has 2 N–H and O–H groups in total. The molecule has 0 radical (unpaired) electrons. The third-order valence-electron chi connectivity index (χ3n) is 3.09. The number of aryl methyl sites for hydroxylation is 1. The zero-order valence-corrected chi connectivity index (χ0v) is 12.3. The van der Waals surface area contributed by atoms with Gasteiger partial charge in [0, 0.05) is 4.47 Å². The third kappa shape index (κ3) is 3.22. The number of hydrogen-bond acceptors (Lipinski definition) is 1. The third-order valence-corrected chi connectivity index (χ3v) is 3.59. The van der Waals surface area contributed by atoms with E-state index < -0.39 is 17.8 Å². The Morgan fingerprint density at radius 2 is 1.65 bits per heavy atom. The van der Waals surface area contributed by atoms with Gasteiger partial charge in [0.05, 0.1) is 11.6 Å². The smallest absolute Gasteiger partial charge is 0.320 e. The van der Waals surface area contributed by atoms with Crippen LogP contribution in [0.2, 0.25) is 0 Å². The molecule has 0 spiro atoms. The maximum absolute atomic E-state index is 13.1. The molecular weight excluding hydrogens is 331 g/mol. The van der Waals surface area contributed by atoms with Crippen molar-refractivity contribution < 1.29 is 13.2 Å². The Morgan fingerprint density at radius 3 is 2.20 bits per heavy atom. The van der Waals surface area contributed by atoms with Gasteiger partial charge in [0.2, 0.25) is 0 Å². The number of nitrogens with two attached hydrogens (primary N) is 1. The lowest BCUT2D eigenvalue weighted by Gasteiger charge is -2.19. The van der Waals surface area contributed by atoms with Gasteiger partial charge in [0.25, 0.3) is 0 Å². The number of rotatable bonds is 2. The Bertz CT molecular complexity index is 606. The standard InChI is InChI=1S/C15H13BrF3N/c1-9-2-4-10(5-3-9)14(20)12-7-6-11(16)8-13(12)15(17,18)19/h2-8,14H,20H2,1H3. The fraction of sp³-hybridized carbons (Fsp3) is 0.200. The van der Waals surface area contributed by atoms with Gasteiger partial charge in [-0.15, -0.1) is 0 Å². The lowest BCUT2D eigenvalue weighted by Crippen LogP contribution is -2.18. The largest absolute Gasteiger partial charge is 0.416 e. The molecule has 0 bridgehead atoms. The van der Waals surface area contributed by atoms with E-state index in [9.17, 15) is 13.2 Å². The minimum Gasteiger partial charge on any atom is -0.320 e. The van der Waals surface area contributed by atoms with E-state index in [0.717, 1.165) is 11.6 Å². The van der Waals surface area contributed by atoms with Gasteiger partial charge >= 0.3 is 6.18 Å². The van der Waals surface area contributed by atoms with Crippen LogP contribution in [-0.4, -0.2) is 0 Å². The summed E-state index contributed by atoms with van der Waals surface area (Å²) >= 11 is 3.06. The van der Waals surface area contributed by atoms with Crippen LogP contribution in [0.1, 0.15) is 28.3 Å². The predicted octanol–water partition coefficient (Wildman–Crippen LogP) is 4.82. The van der Waals surface area contributed by atoms with Gasteiger partial charge in [0.15, 0.2) is 0 Å². The lowest BCUT2D eigenvalue weighted by molar-refractivity contribution is -0.138. The molecule has 0 heterocycles. The molecule has 20 heavy (non-hydrogen) atoms. The van der Waals surface area contributed by atoms with Crippen LogP contribution < -0.4 is 5.73 Å². The number of halogens is 4. The maximum Gasteiger partial charge on any atom is 0.416 e. The Balaban J connectivity index is 2.49. The summed E-state index contributed by atoms with van der Waals surface area (Å²) < 4.78 is 39.7. The minimum absolute atomic E-state index is 0.0737. The van der Waals surface area contributed by atoms with Crippen molar-refractivity contribution >= 4 is 15.9 Å². The van der Waals surface area contributed by atoms with Crippen molar-refractivity contribution in [1.82, 2.24) is 0 Å². The first-order valence-corrected chi connectivity index (χ1v) is 6.77. The first-order chi connectivity index (χ1) is 9.29. The van der Waals surface area contributed by atoms with E-state index >= 15 is 0 Å². The van der Waals surface area contributed by atoms with E-state index in [-0.39, 0.29) is 5.56 Å².